The van der Waals surface area contributed by atoms with Crippen molar-refractivity contribution in [2.45, 2.75) is 0 Å². The van der Waals surface area contributed by atoms with Gasteiger partial charge in [-0.1, -0.05) is 315 Å². The van der Waals surface area contributed by atoms with Crippen LogP contribution in [-0.2, 0) is 0 Å². The molecule has 0 radical (unpaired) electrons. The van der Waals surface area contributed by atoms with Crippen molar-refractivity contribution in [2.75, 3.05) is 9.80 Å². The first-order valence-corrected chi connectivity index (χ1v) is 33.3. The number of hydrogen-bond acceptors (Lipinski definition) is 2. The number of hydrogen-bond donors (Lipinski definition) is 0. The minimum atomic E-state index is -0.243. The second-order valence-electron chi connectivity index (χ2n) is 25.8. The largest absolute Gasteiger partial charge is 0.310 e. The summed E-state index contributed by atoms with van der Waals surface area (Å²) in [7, 11) is 0. The van der Waals surface area contributed by atoms with E-state index < -0.39 is 0 Å². The third-order valence-electron chi connectivity index (χ3n) is 20.7. The van der Waals surface area contributed by atoms with Gasteiger partial charge in [0.2, 0.25) is 0 Å². The van der Waals surface area contributed by atoms with E-state index in [1.807, 2.05) is 0 Å². The molecular weight excluding hydrogens is 1160 g/mol. The summed E-state index contributed by atoms with van der Waals surface area (Å²) in [4.78, 5) is 5.37. The average molecular weight is 1220 g/mol. The fraction of sp³-hybridized carbons (Fsp3) is 0. The Morgan fingerprint density at radius 1 is 0.219 bits per heavy atom. The lowest BCUT2D eigenvalue weighted by atomic mass is 9.33. The number of para-hydroxylation sites is 4. The first-order valence-electron chi connectivity index (χ1n) is 33.3. The van der Waals surface area contributed by atoms with E-state index in [0.29, 0.717) is 0 Å². The van der Waals surface area contributed by atoms with E-state index in [2.05, 4.69) is 366 Å². The highest BCUT2D eigenvalue weighted by Gasteiger charge is 2.46. The van der Waals surface area contributed by atoms with Crippen molar-refractivity contribution < 1.29 is 0 Å². The molecule has 2 aliphatic rings. The SMILES string of the molecule is c1ccc(-c2ccc3c(c2)B2c4ccc(-c5ccc6cccc7c8cccc9cccc(c5c67)c98)cc4N(c4c(-c5ccccc5)cccc4-c4ccccc4)c4cc(-n5c6ccccc6c6ccccc65)cc(c42)N3c2c(-c3ccccc3)cccc2-c2ccccc2)cc1. The highest BCUT2D eigenvalue weighted by molar-refractivity contribution is 7.00. The van der Waals surface area contributed by atoms with Gasteiger partial charge in [-0.25, -0.2) is 0 Å². The molecule has 96 heavy (non-hydrogen) atoms. The normalized spacial score (nSPS) is 12.5. The third kappa shape index (κ3) is 8.16. The lowest BCUT2D eigenvalue weighted by molar-refractivity contribution is 1.16. The molecule has 0 spiro atoms. The molecule has 20 rings (SSSR count). The van der Waals surface area contributed by atoms with Crippen LogP contribution in [0.25, 0.3) is 137 Å². The topological polar surface area (TPSA) is 11.4 Å². The summed E-state index contributed by atoms with van der Waals surface area (Å²) in [6, 6.07) is 132. The first-order chi connectivity index (χ1) is 47.7. The van der Waals surface area contributed by atoms with Gasteiger partial charge < -0.3 is 14.4 Å². The molecule has 0 N–H and O–H groups in total. The molecule has 0 amide bonds. The summed E-state index contributed by atoms with van der Waals surface area (Å²) in [6.45, 7) is -0.243. The average Bonchev–Trinajstić information content (AvgIpc) is 0.785. The van der Waals surface area contributed by atoms with Gasteiger partial charge in [-0.2, -0.15) is 0 Å². The number of fused-ring (bicyclic) bond motifs is 9. The molecule has 0 fully saturated rings. The van der Waals surface area contributed by atoms with Crippen LogP contribution in [0.4, 0.5) is 34.1 Å². The summed E-state index contributed by atoms with van der Waals surface area (Å²) in [5, 5.41) is 12.6. The molecule has 0 saturated heterocycles. The van der Waals surface area contributed by atoms with Gasteiger partial charge in [-0.3, -0.25) is 0 Å². The van der Waals surface area contributed by atoms with E-state index >= 15 is 0 Å². The second-order valence-corrected chi connectivity index (χ2v) is 25.8. The highest BCUT2D eigenvalue weighted by Crippen LogP contribution is 2.55. The Morgan fingerprint density at radius 3 is 1.18 bits per heavy atom. The zero-order valence-electron chi connectivity index (χ0n) is 52.4. The van der Waals surface area contributed by atoms with Crippen LogP contribution >= 0.6 is 0 Å². The van der Waals surface area contributed by atoms with E-state index in [9.17, 15) is 0 Å². The number of aromatic nitrogens is 1. The smallest absolute Gasteiger partial charge is 0.252 e. The maximum atomic E-state index is 2.70. The van der Waals surface area contributed by atoms with Gasteiger partial charge in [-0.05, 0) is 140 Å². The molecule has 0 unspecified atom stereocenters. The van der Waals surface area contributed by atoms with Gasteiger partial charge in [0, 0.05) is 55.8 Å². The van der Waals surface area contributed by atoms with Crippen LogP contribution in [0.2, 0.25) is 0 Å². The Balaban J connectivity index is 0.982. The maximum absolute atomic E-state index is 2.70. The summed E-state index contributed by atoms with van der Waals surface area (Å²) in [5.74, 6) is 0. The molecule has 4 heteroatoms. The minimum absolute atomic E-state index is 0.243. The summed E-state index contributed by atoms with van der Waals surface area (Å²) in [5.41, 5.74) is 27.6. The Bertz CT molecular complexity index is 5970. The van der Waals surface area contributed by atoms with Gasteiger partial charge in [-0.15, -0.1) is 0 Å². The minimum Gasteiger partial charge on any atom is -0.310 e. The maximum Gasteiger partial charge on any atom is 0.252 e. The monoisotopic (exact) mass is 1220 g/mol. The molecule has 0 saturated carbocycles. The molecule has 3 heterocycles. The quantitative estimate of drug-likeness (QED) is 0.0811. The molecule has 17 aromatic carbocycles. The van der Waals surface area contributed by atoms with Crippen molar-refractivity contribution in [3.63, 3.8) is 0 Å². The highest BCUT2D eigenvalue weighted by atomic mass is 15.2. The predicted molar refractivity (Wildman–Crippen MR) is 409 cm³/mol. The van der Waals surface area contributed by atoms with Crippen LogP contribution in [0.3, 0.4) is 0 Å². The van der Waals surface area contributed by atoms with Gasteiger partial charge in [0.1, 0.15) is 0 Å². The molecule has 0 atom stereocenters. The van der Waals surface area contributed by atoms with E-state index in [4.69, 9.17) is 0 Å². The van der Waals surface area contributed by atoms with Crippen molar-refractivity contribution in [2.24, 2.45) is 0 Å². The third-order valence-corrected chi connectivity index (χ3v) is 20.7. The second kappa shape index (κ2) is 21.5. The number of nitrogens with zero attached hydrogens (tertiary/aromatic N) is 3. The van der Waals surface area contributed by atoms with Crippen LogP contribution in [0.15, 0.2) is 352 Å². The lowest BCUT2D eigenvalue weighted by Gasteiger charge is -2.46. The summed E-state index contributed by atoms with van der Waals surface area (Å²) in [6.07, 6.45) is 0. The molecule has 1 aromatic heterocycles. The first kappa shape index (κ1) is 54.1. The van der Waals surface area contributed by atoms with Crippen LogP contribution in [0.5, 0.6) is 0 Å². The van der Waals surface area contributed by atoms with Crippen molar-refractivity contribution in [1.82, 2.24) is 4.57 Å². The molecule has 444 valence electrons. The van der Waals surface area contributed by atoms with Gasteiger partial charge >= 0.3 is 0 Å². The molecule has 0 bridgehead atoms. The molecule has 0 aliphatic carbocycles. The zero-order chi connectivity index (χ0) is 63.0. The Labute approximate surface area is 557 Å². The number of rotatable bonds is 9. The van der Waals surface area contributed by atoms with Crippen molar-refractivity contribution in [3.8, 4) is 72.4 Å². The van der Waals surface area contributed by atoms with Crippen LogP contribution in [0, 0.1) is 0 Å². The Kier molecular flexibility index (Phi) is 12.1. The lowest BCUT2D eigenvalue weighted by Crippen LogP contribution is -2.61. The zero-order valence-corrected chi connectivity index (χ0v) is 52.4. The molecule has 18 aromatic rings. The van der Waals surface area contributed by atoms with E-state index in [1.165, 1.54) is 86.9 Å². The van der Waals surface area contributed by atoms with Gasteiger partial charge in [0.25, 0.3) is 6.71 Å². The van der Waals surface area contributed by atoms with Crippen molar-refractivity contribution in [1.29, 1.82) is 0 Å². The van der Waals surface area contributed by atoms with Crippen LogP contribution in [0.1, 0.15) is 0 Å². The van der Waals surface area contributed by atoms with Crippen LogP contribution < -0.4 is 26.2 Å². The fourth-order valence-corrected chi connectivity index (χ4v) is 16.6. The summed E-state index contributed by atoms with van der Waals surface area (Å²) < 4.78 is 2.53. The molecular formula is C92H58BN3. The summed E-state index contributed by atoms with van der Waals surface area (Å²) >= 11 is 0. The molecule has 2 aliphatic heterocycles. The standard InChI is InChI=1S/C92H58BN3/c1-6-25-59(26-7-1)66-51-54-83-80(55-66)93-79-53-50-67(69-52-49-65-37-21-45-77-76-44-20-35-64-36-22-46-78(87(64)76)89(69)88(65)77)56-84(79)96(92-72(62-31-12-4-13-32-62)42-24-43-73(92)63-33-14-5-15-34-63)86-58-68(94-81-47-18-16-38-74(81)75-39-17-19-48-82(75)94)57-85(90(86)93)95(83)91-70(60-27-8-2-9-28-60)40-23-41-71(91)61-29-10-3-11-30-61/h1-58H. The number of anilines is 6. The van der Waals surface area contributed by atoms with E-state index in [-0.39, 0.29) is 6.71 Å². The van der Waals surface area contributed by atoms with E-state index in [1.54, 1.807) is 0 Å². The van der Waals surface area contributed by atoms with Gasteiger partial charge in [0.15, 0.2) is 0 Å². The molecule has 3 nitrogen and oxygen atoms in total. The van der Waals surface area contributed by atoms with E-state index in [0.717, 1.165) is 101 Å². The fourth-order valence-electron chi connectivity index (χ4n) is 16.6. The predicted octanol–water partition coefficient (Wildman–Crippen LogP) is 22.9. The van der Waals surface area contributed by atoms with Crippen LogP contribution in [-0.4, -0.2) is 11.3 Å². The number of benzene rings is 17. The van der Waals surface area contributed by atoms with Crippen molar-refractivity contribution in [3.05, 3.63) is 352 Å². The Hall–Kier alpha value is -12.5. The van der Waals surface area contributed by atoms with Crippen molar-refractivity contribution >= 4 is 122 Å². The van der Waals surface area contributed by atoms with Gasteiger partial charge in [0.05, 0.1) is 28.1 Å². The Morgan fingerprint density at radius 2 is 0.646 bits per heavy atom.